The van der Waals surface area contributed by atoms with Crippen LogP contribution in [0.4, 0.5) is 5.82 Å². The fourth-order valence-corrected chi connectivity index (χ4v) is 5.45. The van der Waals surface area contributed by atoms with Crippen LogP contribution in [0.1, 0.15) is 45.7 Å². The molecule has 34 heavy (non-hydrogen) atoms. The van der Waals surface area contributed by atoms with Gasteiger partial charge in [0.25, 0.3) is 0 Å². The summed E-state index contributed by atoms with van der Waals surface area (Å²) in [6, 6.07) is 12.6. The molecule has 1 aromatic carbocycles. The predicted molar refractivity (Wildman–Crippen MR) is 136 cm³/mol. The molecule has 1 aliphatic rings. The number of nitrogens with zero attached hydrogens (tertiary/aromatic N) is 6. The number of carbonyl (C=O) groups is 1. The minimum absolute atomic E-state index is 0.103. The Kier molecular flexibility index (Phi) is 5.79. The summed E-state index contributed by atoms with van der Waals surface area (Å²) in [6.45, 7) is 6.14. The molecule has 9 heteroatoms. The largest absolute Gasteiger partial charge is 0.300 e. The predicted octanol–water partition coefficient (Wildman–Crippen LogP) is 5.25. The molecule has 1 unspecified atom stereocenters. The summed E-state index contributed by atoms with van der Waals surface area (Å²) in [4.78, 5) is 25.5. The number of halogens is 1. The Balaban J connectivity index is 1.65. The standard InChI is InChI=1S/C25H23ClN6OS/c1-14-15(2)34-25-22(14)23(17-8-10-18(26)11-9-17)28-19(24-30-29-16(3)32(24)25)13-21(33)31(4)20-7-5-6-12-27-20/h5-12,19H,13H2,1-4H3. The molecule has 4 heterocycles. The Labute approximate surface area is 206 Å². The number of thiophene rings is 1. The van der Waals surface area contributed by atoms with Gasteiger partial charge in [0, 0.05) is 34.3 Å². The summed E-state index contributed by atoms with van der Waals surface area (Å²) in [5, 5.41) is 10.5. The Bertz CT molecular complexity index is 1410. The molecule has 3 aromatic heterocycles. The normalized spacial score (nSPS) is 14.7. The highest BCUT2D eigenvalue weighted by molar-refractivity contribution is 7.15. The Morgan fingerprint density at radius 3 is 2.59 bits per heavy atom. The molecule has 172 valence electrons. The van der Waals surface area contributed by atoms with E-state index >= 15 is 0 Å². The van der Waals surface area contributed by atoms with Crippen LogP contribution in [0.15, 0.2) is 53.7 Å². The molecule has 7 nitrogen and oxygen atoms in total. The van der Waals surface area contributed by atoms with Gasteiger partial charge in [0.2, 0.25) is 5.91 Å². The SMILES string of the molecule is Cc1sc2c(c1C)C(c1ccc(Cl)cc1)=NC(CC(=O)N(C)c1ccccn1)c1nnc(C)n1-2. The zero-order valence-corrected chi connectivity index (χ0v) is 20.9. The van der Waals surface area contributed by atoms with Crippen molar-refractivity contribution in [1.29, 1.82) is 0 Å². The lowest BCUT2D eigenvalue weighted by atomic mass is 9.99. The van der Waals surface area contributed by atoms with E-state index in [1.54, 1.807) is 29.5 Å². The highest BCUT2D eigenvalue weighted by atomic mass is 35.5. The summed E-state index contributed by atoms with van der Waals surface area (Å²) in [5.41, 5.74) is 3.97. The molecule has 0 radical (unpaired) electrons. The number of aliphatic imine (C=N–C) groups is 1. The maximum Gasteiger partial charge on any atom is 0.230 e. The van der Waals surface area contributed by atoms with Crippen molar-refractivity contribution >= 4 is 40.4 Å². The van der Waals surface area contributed by atoms with E-state index in [1.807, 2.05) is 54.0 Å². The van der Waals surface area contributed by atoms with E-state index in [1.165, 1.54) is 4.88 Å². The van der Waals surface area contributed by atoms with Gasteiger partial charge in [-0.25, -0.2) is 4.98 Å². The molecule has 0 bridgehead atoms. The second-order valence-electron chi connectivity index (χ2n) is 8.25. The van der Waals surface area contributed by atoms with Gasteiger partial charge in [-0.15, -0.1) is 21.5 Å². The molecule has 0 spiro atoms. The maximum atomic E-state index is 13.3. The molecule has 0 N–H and O–H groups in total. The van der Waals surface area contributed by atoms with Crippen LogP contribution in [0.2, 0.25) is 5.02 Å². The summed E-state index contributed by atoms with van der Waals surface area (Å²) in [7, 11) is 1.73. The molecule has 0 fully saturated rings. The van der Waals surface area contributed by atoms with Crippen LogP contribution in [0, 0.1) is 20.8 Å². The summed E-state index contributed by atoms with van der Waals surface area (Å²) in [5.74, 6) is 1.91. The lowest BCUT2D eigenvalue weighted by Gasteiger charge is -2.19. The lowest BCUT2D eigenvalue weighted by Crippen LogP contribution is -2.28. The molecular formula is C25H23ClN6OS. The number of fused-ring (bicyclic) bond motifs is 3. The number of aryl methyl sites for hydroxylation is 2. The Morgan fingerprint density at radius 1 is 1.12 bits per heavy atom. The van der Waals surface area contributed by atoms with Crippen molar-refractivity contribution in [2.75, 3.05) is 11.9 Å². The van der Waals surface area contributed by atoms with Crippen molar-refractivity contribution in [2.24, 2.45) is 4.99 Å². The smallest absolute Gasteiger partial charge is 0.230 e. The fourth-order valence-electron chi connectivity index (χ4n) is 4.11. The number of carbonyl (C=O) groups excluding carboxylic acids is 1. The minimum Gasteiger partial charge on any atom is -0.300 e. The summed E-state index contributed by atoms with van der Waals surface area (Å²) in [6.07, 6.45) is 1.81. The molecule has 0 aliphatic carbocycles. The van der Waals surface area contributed by atoms with Gasteiger partial charge in [-0.1, -0.05) is 29.8 Å². The van der Waals surface area contributed by atoms with Crippen LogP contribution in [0.3, 0.4) is 0 Å². The van der Waals surface area contributed by atoms with Gasteiger partial charge in [-0.3, -0.25) is 19.3 Å². The first-order chi connectivity index (χ1) is 16.3. The van der Waals surface area contributed by atoms with Gasteiger partial charge in [0.05, 0.1) is 12.1 Å². The van der Waals surface area contributed by atoms with Crippen molar-refractivity contribution in [3.63, 3.8) is 0 Å². The molecule has 0 saturated heterocycles. The van der Waals surface area contributed by atoms with Crippen LogP contribution in [-0.4, -0.2) is 38.4 Å². The van der Waals surface area contributed by atoms with Crippen molar-refractivity contribution in [1.82, 2.24) is 19.7 Å². The molecule has 1 aliphatic heterocycles. The minimum atomic E-state index is -0.509. The van der Waals surface area contributed by atoms with Gasteiger partial charge >= 0.3 is 0 Å². The number of aromatic nitrogens is 4. The van der Waals surface area contributed by atoms with E-state index in [0.717, 1.165) is 33.2 Å². The van der Waals surface area contributed by atoms with Gasteiger partial charge < -0.3 is 0 Å². The lowest BCUT2D eigenvalue weighted by molar-refractivity contribution is -0.118. The van der Waals surface area contributed by atoms with E-state index < -0.39 is 6.04 Å². The quantitative estimate of drug-likeness (QED) is 0.391. The third kappa shape index (κ3) is 3.82. The molecular weight excluding hydrogens is 468 g/mol. The molecule has 1 amide bonds. The van der Waals surface area contributed by atoms with Crippen LogP contribution < -0.4 is 4.90 Å². The first-order valence-electron chi connectivity index (χ1n) is 10.9. The number of hydrogen-bond donors (Lipinski definition) is 0. The number of amides is 1. The van der Waals surface area contributed by atoms with E-state index in [2.05, 4.69) is 29.0 Å². The fraction of sp³-hybridized carbons (Fsp3) is 0.240. The highest BCUT2D eigenvalue weighted by Gasteiger charge is 2.33. The second-order valence-corrected chi connectivity index (χ2v) is 9.89. The van der Waals surface area contributed by atoms with Gasteiger partial charge in [-0.2, -0.15) is 0 Å². The van der Waals surface area contributed by atoms with Crippen molar-refractivity contribution < 1.29 is 4.79 Å². The average molecular weight is 491 g/mol. The van der Waals surface area contributed by atoms with Gasteiger partial charge in [-0.05, 0) is 50.6 Å². The number of benzene rings is 1. The first-order valence-corrected chi connectivity index (χ1v) is 12.1. The van der Waals surface area contributed by atoms with E-state index in [4.69, 9.17) is 16.6 Å². The summed E-state index contributed by atoms with van der Waals surface area (Å²) < 4.78 is 2.05. The van der Waals surface area contributed by atoms with Crippen LogP contribution in [0.5, 0.6) is 0 Å². The average Bonchev–Trinajstić information content (AvgIpc) is 3.31. The van der Waals surface area contributed by atoms with Gasteiger partial charge in [0.15, 0.2) is 5.82 Å². The van der Waals surface area contributed by atoms with Crippen LogP contribution >= 0.6 is 22.9 Å². The van der Waals surface area contributed by atoms with Crippen molar-refractivity contribution in [2.45, 2.75) is 33.2 Å². The highest BCUT2D eigenvalue weighted by Crippen LogP contribution is 2.39. The molecule has 5 rings (SSSR count). The summed E-state index contributed by atoms with van der Waals surface area (Å²) >= 11 is 7.86. The van der Waals surface area contributed by atoms with Crippen LogP contribution in [-0.2, 0) is 4.79 Å². The molecule has 4 aromatic rings. The first kappa shape index (κ1) is 22.4. The third-order valence-corrected chi connectivity index (χ3v) is 7.54. The topological polar surface area (TPSA) is 76.3 Å². The second kappa shape index (κ2) is 8.77. The van der Waals surface area contributed by atoms with Crippen molar-refractivity contribution in [3.05, 3.63) is 86.9 Å². The molecule has 1 atom stereocenters. The number of hydrogen-bond acceptors (Lipinski definition) is 6. The van der Waals surface area contributed by atoms with E-state index in [-0.39, 0.29) is 12.3 Å². The van der Waals surface area contributed by atoms with E-state index in [9.17, 15) is 4.79 Å². The zero-order chi connectivity index (χ0) is 24.0. The number of rotatable bonds is 4. The van der Waals surface area contributed by atoms with Crippen LogP contribution in [0.25, 0.3) is 5.00 Å². The molecule has 0 saturated carbocycles. The maximum absolute atomic E-state index is 13.3. The number of pyridine rings is 1. The zero-order valence-electron chi connectivity index (χ0n) is 19.3. The third-order valence-electron chi connectivity index (χ3n) is 6.09. The monoisotopic (exact) mass is 490 g/mol. The Hall–Kier alpha value is -3.36. The van der Waals surface area contributed by atoms with E-state index in [0.29, 0.717) is 16.7 Å². The Morgan fingerprint density at radius 2 is 1.88 bits per heavy atom. The number of anilines is 1. The van der Waals surface area contributed by atoms with Gasteiger partial charge in [0.1, 0.15) is 22.7 Å². The van der Waals surface area contributed by atoms with Crippen molar-refractivity contribution in [3.8, 4) is 5.00 Å².